The van der Waals surface area contributed by atoms with Gasteiger partial charge in [0.1, 0.15) is 17.7 Å². The summed E-state index contributed by atoms with van der Waals surface area (Å²) in [6.07, 6.45) is 5.87. The highest BCUT2D eigenvalue weighted by molar-refractivity contribution is 7.98. The maximum absolute atomic E-state index is 14.0. The molecule has 8 heteroatoms. The molecule has 0 aromatic heterocycles. The van der Waals surface area contributed by atoms with E-state index in [4.69, 9.17) is 4.74 Å². The van der Waals surface area contributed by atoms with Gasteiger partial charge in [0, 0.05) is 12.6 Å². The normalized spacial score (nSPS) is 13.8. The van der Waals surface area contributed by atoms with Crippen LogP contribution in [0.3, 0.4) is 0 Å². The number of amides is 3. The summed E-state index contributed by atoms with van der Waals surface area (Å²) in [4.78, 5) is 41.8. The van der Waals surface area contributed by atoms with Crippen LogP contribution in [0, 0.1) is 0 Å². The van der Waals surface area contributed by atoms with Crippen LogP contribution in [0.25, 0.3) is 6.08 Å². The van der Waals surface area contributed by atoms with E-state index in [0.717, 1.165) is 18.4 Å². The Hall–Kier alpha value is -2.48. The summed E-state index contributed by atoms with van der Waals surface area (Å²) in [5.74, 6) is 0.131. The molecule has 2 N–H and O–H groups in total. The van der Waals surface area contributed by atoms with Gasteiger partial charge in [-0.2, -0.15) is 11.8 Å². The molecule has 0 spiro atoms. The maximum atomic E-state index is 14.0. The van der Waals surface area contributed by atoms with Crippen LogP contribution in [0.1, 0.15) is 84.4 Å². The number of thioether (sulfide) groups is 1. The van der Waals surface area contributed by atoms with Crippen LogP contribution in [0.4, 0.5) is 4.79 Å². The van der Waals surface area contributed by atoms with E-state index in [2.05, 4.69) is 24.1 Å². The Bertz CT molecular complexity index is 869. The third kappa shape index (κ3) is 10.6. The first-order chi connectivity index (χ1) is 17.0. The fourth-order valence-electron chi connectivity index (χ4n) is 3.91. The van der Waals surface area contributed by atoms with Crippen molar-refractivity contribution in [1.82, 2.24) is 15.5 Å². The third-order valence-electron chi connectivity index (χ3n) is 5.48. The van der Waals surface area contributed by atoms with E-state index >= 15 is 0 Å². The molecule has 0 aliphatic rings. The molecule has 0 aliphatic heterocycles. The average molecular weight is 520 g/mol. The van der Waals surface area contributed by atoms with Crippen LogP contribution in [-0.4, -0.2) is 59.0 Å². The summed E-state index contributed by atoms with van der Waals surface area (Å²) in [5, 5.41) is 5.85. The van der Waals surface area contributed by atoms with E-state index in [1.807, 2.05) is 44.4 Å². The standard InChI is InChI=1S/C28H45N3O4S/c1-9-13-20(4)29-25(32)24(22-15-12-14-21(11-3)19-22)31(17-10-2)26(33)23(16-18-36-8)30-27(34)35-28(5,6)7/h11-12,14-15,19-20,23-24H,3,9-10,13,16-18H2,1-2,4-8H3,(H,29,32)(H,30,34). The second kappa shape index (κ2) is 15.6. The van der Waals surface area contributed by atoms with Crippen LogP contribution >= 0.6 is 11.8 Å². The lowest BCUT2D eigenvalue weighted by Crippen LogP contribution is -2.54. The molecule has 0 aliphatic carbocycles. The summed E-state index contributed by atoms with van der Waals surface area (Å²) in [6, 6.07) is 5.83. The van der Waals surface area contributed by atoms with Crippen molar-refractivity contribution in [1.29, 1.82) is 0 Å². The molecule has 3 atom stereocenters. The van der Waals surface area contributed by atoms with Crippen molar-refractivity contribution in [2.45, 2.75) is 91.0 Å². The monoisotopic (exact) mass is 519 g/mol. The van der Waals surface area contributed by atoms with Crippen LogP contribution in [0.2, 0.25) is 0 Å². The Kier molecular flexibility index (Phi) is 13.7. The van der Waals surface area contributed by atoms with Gasteiger partial charge in [0.05, 0.1) is 0 Å². The zero-order valence-corrected chi connectivity index (χ0v) is 23.9. The van der Waals surface area contributed by atoms with E-state index in [1.54, 1.807) is 43.5 Å². The van der Waals surface area contributed by atoms with E-state index in [-0.39, 0.29) is 17.9 Å². The minimum Gasteiger partial charge on any atom is -0.444 e. The summed E-state index contributed by atoms with van der Waals surface area (Å²) in [6.45, 7) is 15.5. The summed E-state index contributed by atoms with van der Waals surface area (Å²) in [5.41, 5.74) is 0.876. The van der Waals surface area contributed by atoms with Gasteiger partial charge in [-0.1, -0.05) is 51.1 Å². The molecule has 0 bridgehead atoms. The quantitative estimate of drug-likeness (QED) is 0.336. The highest BCUT2D eigenvalue weighted by Gasteiger charge is 2.36. The zero-order chi connectivity index (χ0) is 27.3. The molecule has 1 aromatic rings. The van der Waals surface area contributed by atoms with Gasteiger partial charge in [0.15, 0.2) is 0 Å². The van der Waals surface area contributed by atoms with Crippen molar-refractivity contribution in [3.8, 4) is 0 Å². The predicted octanol–water partition coefficient (Wildman–Crippen LogP) is 5.56. The minimum atomic E-state index is -0.839. The third-order valence-corrected chi connectivity index (χ3v) is 6.12. The fourth-order valence-corrected chi connectivity index (χ4v) is 4.38. The highest BCUT2D eigenvalue weighted by Crippen LogP contribution is 2.25. The van der Waals surface area contributed by atoms with Crippen molar-refractivity contribution in [2.75, 3.05) is 18.6 Å². The second-order valence-corrected chi connectivity index (χ2v) is 11.0. The lowest BCUT2D eigenvalue weighted by atomic mass is 9.99. The first-order valence-electron chi connectivity index (χ1n) is 12.8. The molecule has 0 heterocycles. The minimum absolute atomic E-state index is 0.0293. The molecule has 1 aromatic carbocycles. The molecule has 36 heavy (non-hydrogen) atoms. The van der Waals surface area contributed by atoms with Gasteiger partial charge in [-0.15, -0.1) is 0 Å². The van der Waals surface area contributed by atoms with E-state index in [0.29, 0.717) is 30.7 Å². The number of ether oxygens (including phenoxy) is 1. The number of carbonyl (C=O) groups is 3. The first-order valence-corrected chi connectivity index (χ1v) is 14.2. The lowest BCUT2D eigenvalue weighted by molar-refractivity contribution is -0.142. The predicted molar refractivity (Wildman–Crippen MR) is 150 cm³/mol. The number of hydrogen-bond acceptors (Lipinski definition) is 5. The molecule has 0 fully saturated rings. The molecular formula is C28H45N3O4S. The Morgan fingerprint density at radius 1 is 1.14 bits per heavy atom. The van der Waals surface area contributed by atoms with Crippen LogP contribution in [-0.2, 0) is 14.3 Å². The number of benzene rings is 1. The van der Waals surface area contributed by atoms with Gasteiger partial charge >= 0.3 is 6.09 Å². The van der Waals surface area contributed by atoms with Gasteiger partial charge in [-0.25, -0.2) is 4.79 Å². The van der Waals surface area contributed by atoms with Crippen molar-refractivity contribution in [3.63, 3.8) is 0 Å². The van der Waals surface area contributed by atoms with Gasteiger partial charge in [-0.3, -0.25) is 9.59 Å². The Morgan fingerprint density at radius 2 is 1.83 bits per heavy atom. The fraction of sp³-hybridized carbons (Fsp3) is 0.607. The molecule has 7 nitrogen and oxygen atoms in total. The number of alkyl carbamates (subject to hydrolysis) is 1. The molecular weight excluding hydrogens is 474 g/mol. The summed E-state index contributed by atoms with van der Waals surface area (Å²) < 4.78 is 5.42. The SMILES string of the molecule is C=Cc1cccc(C(C(=O)NC(C)CCC)N(CCC)C(=O)C(CCSC)NC(=O)OC(C)(C)C)c1. The Balaban J connectivity index is 3.45. The summed E-state index contributed by atoms with van der Waals surface area (Å²) >= 11 is 1.59. The molecule has 3 unspecified atom stereocenters. The van der Waals surface area contributed by atoms with Crippen molar-refractivity contribution < 1.29 is 19.1 Å². The smallest absolute Gasteiger partial charge is 0.408 e. The molecule has 0 saturated heterocycles. The van der Waals surface area contributed by atoms with Crippen LogP contribution in [0.5, 0.6) is 0 Å². The number of rotatable bonds is 14. The van der Waals surface area contributed by atoms with Gasteiger partial charge in [-0.05, 0) is 76.2 Å². The van der Waals surface area contributed by atoms with Crippen molar-refractivity contribution in [3.05, 3.63) is 42.0 Å². The van der Waals surface area contributed by atoms with Crippen LogP contribution in [0.15, 0.2) is 30.8 Å². The molecule has 0 radical (unpaired) electrons. The van der Waals surface area contributed by atoms with E-state index < -0.39 is 23.8 Å². The molecule has 0 saturated carbocycles. The maximum Gasteiger partial charge on any atom is 0.408 e. The Labute approximate surface area is 221 Å². The van der Waals surface area contributed by atoms with E-state index in [1.165, 1.54) is 0 Å². The van der Waals surface area contributed by atoms with Gasteiger partial charge in [0.2, 0.25) is 11.8 Å². The zero-order valence-electron chi connectivity index (χ0n) is 23.1. The lowest BCUT2D eigenvalue weighted by Gasteiger charge is -2.35. The average Bonchev–Trinajstić information content (AvgIpc) is 2.80. The largest absolute Gasteiger partial charge is 0.444 e. The second-order valence-electron chi connectivity index (χ2n) is 9.99. The van der Waals surface area contributed by atoms with Crippen molar-refractivity contribution in [2.24, 2.45) is 0 Å². The molecule has 202 valence electrons. The number of hydrogen-bond donors (Lipinski definition) is 2. The highest BCUT2D eigenvalue weighted by atomic mass is 32.2. The number of nitrogens with one attached hydrogen (secondary N) is 2. The van der Waals surface area contributed by atoms with E-state index in [9.17, 15) is 14.4 Å². The molecule has 3 amide bonds. The first kappa shape index (κ1) is 31.5. The topological polar surface area (TPSA) is 87.7 Å². The number of carbonyl (C=O) groups excluding carboxylic acids is 3. The number of nitrogens with zero attached hydrogens (tertiary/aromatic N) is 1. The van der Waals surface area contributed by atoms with Gasteiger partial charge in [0.25, 0.3) is 0 Å². The van der Waals surface area contributed by atoms with Crippen LogP contribution < -0.4 is 10.6 Å². The molecule has 1 rings (SSSR count). The summed E-state index contributed by atoms with van der Waals surface area (Å²) in [7, 11) is 0. The van der Waals surface area contributed by atoms with Crippen molar-refractivity contribution >= 4 is 35.7 Å². The Morgan fingerprint density at radius 3 is 2.39 bits per heavy atom. The van der Waals surface area contributed by atoms with Gasteiger partial charge < -0.3 is 20.3 Å².